The molecule has 0 aromatic heterocycles. The zero-order valence-corrected chi connectivity index (χ0v) is 21.1. The number of fused-ring (bicyclic) bond motifs is 1. The molecule has 0 spiro atoms. The molecule has 2 aromatic carbocycles. The zero-order chi connectivity index (χ0) is 23.9. The van der Waals surface area contributed by atoms with Crippen molar-refractivity contribution < 1.29 is 4.79 Å². The van der Waals surface area contributed by atoms with Crippen molar-refractivity contribution in [2.75, 3.05) is 6.54 Å². The molecule has 3 nitrogen and oxygen atoms in total. The third-order valence-electron chi connectivity index (χ3n) is 6.19. The molecule has 32 heavy (non-hydrogen) atoms. The van der Waals surface area contributed by atoms with Gasteiger partial charge in [-0.25, -0.2) is 0 Å². The maximum Gasteiger partial charge on any atom is 0.251 e. The van der Waals surface area contributed by atoms with Crippen molar-refractivity contribution in [3.63, 3.8) is 0 Å². The summed E-state index contributed by atoms with van der Waals surface area (Å²) in [6.45, 7) is 12.5. The normalized spacial score (nSPS) is 15.3. The maximum absolute atomic E-state index is 12.2. The minimum Gasteiger partial charge on any atom is -0.348 e. The van der Waals surface area contributed by atoms with E-state index in [2.05, 4.69) is 54.7 Å². The lowest BCUT2D eigenvalue weighted by atomic mass is 9.97. The molecule has 1 aliphatic carbocycles. The number of carbonyl (C=O) groups is 1. The van der Waals surface area contributed by atoms with Crippen LogP contribution >= 0.6 is 0 Å². The van der Waals surface area contributed by atoms with Gasteiger partial charge in [0, 0.05) is 18.2 Å². The van der Waals surface area contributed by atoms with Crippen LogP contribution in [0.15, 0.2) is 65.8 Å². The third-order valence-corrected chi connectivity index (χ3v) is 6.19. The quantitative estimate of drug-likeness (QED) is 0.380. The summed E-state index contributed by atoms with van der Waals surface area (Å²) in [5, 5.41) is 5.84. The molecule has 1 fully saturated rings. The Kier molecular flexibility index (Phi) is 13.3. The van der Waals surface area contributed by atoms with Crippen LogP contribution in [0.5, 0.6) is 0 Å². The minimum absolute atomic E-state index is 0.00968. The van der Waals surface area contributed by atoms with Crippen molar-refractivity contribution in [3.05, 3.63) is 71.3 Å². The molecule has 2 aromatic rings. The summed E-state index contributed by atoms with van der Waals surface area (Å²) in [5.41, 5.74) is 9.01. The summed E-state index contributed by atoms with van der Waals surface area (Å²) in [7, 11) is 0. The van der Waals surface area contributed by atoms with Gasteiger partial charge < -0.3 is 11.1 Å². The summed E-state index contributed by atoms with van der Waals surface area (Å²) in [6.07, 6.45) is 9.85. The van der Waals surface area contributed by atoms with Crippen molar-refractivity contribution in [2.45, 2.75) is 79.7 Å². The Bertz CT molecular complexity index is 870. The van der Waals surface area contributed by atoms with Crippen molar-refractivity contribution in [1.82, 2.24) is 5.32 Å². The zero-order valence-electron chi connectivity index (χ0n) is 21.1. The predicted octanol–water partition coefficient (Wildman–Crippen LogP) is 6.96. The van der Waals surface area contributed by atoms with Crippen LogP contribution in [0, 0.1) is 5.92 Å². The van der Waals surface area contributed by atoms with E-state index in [0.29, 0.717) is 12.5 Å². The first-order chi connectivity index (χ1) is 15.5. The second-order valence-electron chi connectivity index (χ2n) is 8.03. The fourth-order valence-electron chi connectivity index (χ4n) is 4.27. The van der Waals surface area contributed by atoms with Gasteiger partial charge in [0.1, 0.15) is 0 Å². The summed E-state index contributed by atoms with van der Waals surface area (Å²) in [6, 6.07) is 15.1. The first-order valence-electron chi connectivity index (χ1n) is 12.3. The topological polar surface area (TPSA) is 55.1 Å². The van der Waals surface area contributed by atoms with E-state index in [0.717, 1.165) is 17.6 Å². The summed E-state index contributed by atoms with van der Waals surface area (Å²) in [5.74, 6) is 0.568. The van der Waals surface area contributed by atoms with Gasteiger partial charge in [0.15, 0.2) is 0 Å². The number of allylic oxidation sites excluding steroid dienone is 2. The second-order valence-corrected chi connectivity index (χ2v) is 8.03. The van der Waals surface area contributed by atoms with Gasteiger partial charge in [-0.15, -0.1) is 0 Å². The Labute approximate surface area is 196 Å². The van der Waals surface area contributed by atoms with Gasteiger partial charge in [-0.05, 0) is 67.9 Å². The third kappa shape index (κ3) is 7.94. The number of nitrogens with two attached hydrogens (primary N) is 1. The fraction of sp³-hybridized carbons (Fsp3) is 0.483. The van der Waals surface area contributed by atoms with Gasteiger partial charge in [0.05, 0.1) is 0 Å². The fourth-order valence-corrected chi connectivity index (χ4v) is 4.27. The van der Waals surface area contributed by atoms with Crippen LogP contribution in [-0.4, -0.2) is 18.5 Å². The minimum atomic E-state index is 0.00968. The van der Waals surface area contributed by atoms with Crippen LogP contribution in [0.1, 0.15) is 72.8 Å². The number of rotatable bonds is 6. The lowest BCUT2D eigenvalue weighted by molar-refractivity contribution is -0.118. The lowest BCUT2D eigenvalue weighted by Crippen LogP contribution is -2.45. The number of hydrogen-bond donors (Lipinski definition) is 2. The van der Waals surface area contributed by atoms with E-state index in [9.17, 15) is 4.79 Å². The molecule has 1 amide bonds. The van der Waals surface area contributed by atoms with E-state index in [-0.39, 0.29) is 11.9 Å². The highest BCUT2D eigenvalue weighted by Gasteiger charge is 2.26. The summed E-state index contributed by atoms with van der Waals surface area (Å²) < 4.78 is 0. The van der Waals surface area contributed by atoms with Crippen LogP contribution in [0.2, 0.25) is 0 Å². The van der Waals surface area contributed by atoms with Gasteiger partial charge in [-0.1, -0.05) is 88.2 Å². The summed E-state index contributed by atoms with van der Waals surface area (Å²) >= 11 is 0. The number of aryl methyl sites for hydroxylation is 1. The number of nitrogens with one attached hydrogen (secondary N) is 1. The van der Waals surface area contributed by atoms with Crippen molar-refractivity contribution in [3.8, 4) is 0 Å². The highest BCUT2D eigenvalue weighted by atomic mass is 16.1. The van der Waals surface area contributed by atoms with Gasteiger partial charge in [0.2, 0.25) is 0 Å². The molecule has 3 heteroatoms. The number of carbonyl (C=O) groups excluding carboxylic acids is 1. The number of benzene rings is 2. The number of amides is 1. The van der Waals surface area contributed by atoms with Gasteiger partial charge >= 0.3 is 0 Å². The van der Waals surface area contributed by atoms with E-state index in [1.165, 1.54) is 42.0 Å². The molecular weight excluding hydrogens is 392 g/mol. The smallest absolute Gasteiger partial charge is 0.251 e. The molecular formula is C29H44N2O. The molecule has 176 valence electrons. The van der Waals surface area contributed by atoms with Crippen molar-refractivity contribution >= 4 is 16.7 Å². The molecule has 3 N–H and O–H groups in total. The van der Waals surface area contributed by atoms with Crippen LogP contribution in [0.4, 0.5) is 0 Å². The van der Waals surface area contributed by atoms with Crippen LogP contribution in [-0.2, 0) is 11.2 Å². The van der Waals surface area contributed by atoms with Gasteiger partial charge in [0.25, 0.3) is 5.91 Å². The molecule has 0 bridgehead atoms. The van der Waals surface area contributed by atoms with E-state index < -0.39 is 0 Å². The molecule has 1 aliphatic rings. The Balaban J connectivity index is 0.000000315. The van der Waals surface area contributed by atoms with E-state index in [1.54, 1.807) is 0 Å². The Morgan fingerprint density at radius 2 is 1.69 bits per heavy atom. The van der Waals surface area contributed by atoms with E-state index in [1.807, 2.05) is 46.8 Å². The standard InChI is InChI=1S/C15H26N2O.C12H12.C2H6/c1-4-11(3)13(5-2)15(18)17-14(10-16)12-8-6-7-9-12;1-2-10-7-5-8-11-6-3-4-9-12(10)11;1-2/h4-5,12,14H,6-10,16H2,1-3H3,(H,17,18);3-9H,2H2,1H3;1-2H3/b11-4-,13-5+;;. The molecule has 0 heterocycles. The maximum atomic E-state index is 12.2. The van der Waals surface area contributed by atoms with Crippen LogP contribution in [0.25, 0.3) is 10.8 Å². The Morgan fingerprint density at radius 1 is 1.06 bits per heavy atom. The van der Waals surface area contributed by atoms with Crippen molar-refractivity contribution in [2.24, 2.45) is 11.7 Å². The second kappa shape index (κ2) is 15.4. The highest BCUT2D eigenvalue weighted by molar-refractivity contribution is 5.97. The summed E-state index contributed by atoms with van der Waals surface area (Å²) in [4.78, 5) is 12.2. The monoisotopic (exact) mass is 436 g/mol. The predicted molar refractivity (Wildman–Crippen MR) is 141 cm³/mol. The van der Waals surface area contributed by atoms with Gasteiger partial charge in [-0.2, -0.15) is 0 Å². The first-order valence-corrected chi connectivity index (χ1v) is 12.3. The Hall–Kier alpha value is -2.39. The molecule has 3 rings (SSSR count). The van der Waals surface area contributed by atoms with Crippen LogP contribution < -0.4 is 11.1 Å². The molecule has 0 radical (unpaired) electrons. The van der Waals surface area contributed by atoms with E-state index >= 15 is 0 Å². The average Bonchev–Trinajstić information content (AvgIpc) is 3.39. The van der Waals surface area contributed by atoms with E-state index in [4.69, 9.17) is 5.73 Å². The largest absolute Gasteiger partial charge is 0.348 e. The van der Waals surface area contributed by atoms with Crippen LogP contribution in [0.3, 0.4) is 0 Å². The van der Waals surface area contributed by atoms with Gasteiger partial charge in [-0.3, -0.25) is 4.79 Å². The lowest BCUT2D eigenvalue weighted by Gasteiger charge is -2.24. The molecule has 1 atom stereocenters. The Morgan fingerprint density at radius 3 is 2.25 bits per heavy atom. The molecule has 0 aliphatic heterocycles. The highest BCUT2D eigenvalue weighted by Crippen LogP contribution is 2.27. The first kappa shape index (κ1) is 27.6. The van der Waals surface area contributed by atoms with Crippen molar-refractivity contribution in [1.29, 1.82) is 0 Å². The molecule has 0 saturated heterocycles. The average molecular weight is 437 g/mol. The number of hydrogen-bond acceptors (Lipinski definition) is 2. The molecule has 1 saturated carbocycles. The molecule has 1 unspecified atom stereocenters. The SMILES string of the molecule is C/C=C(C)\C(=C/C)C(=O)NC(CN)C1CCCC1.CC.CCc1cccc2ccccc12.